The lowest BCUT2D eigenvalue weighted by Crippen LogP contribution is -2.61. The van der Waals surface area contributed by atoms with Crippen molar-refractivity contribution < 1.29 is 52.2 Å². The summed E-state index contributed by atoms with van der Waals surface area (Å²) in [5, 5.41) is 49.5. The van der Waals surface area contributed by atoms with Crippen LogP contribution in [0.1, 0.15) is 33.6 Å². The normalized spacial score (nSPS) is 32.5. The Balaban J connectivity index is 2.97. The summed E-state index contributed by atoms with van der Waals surface area (Å²) in [5.74, 6) is 0. The summed E-state index contributed by atoms with van der Waals surface area (Å²) < 4.78 is 46.1. The first-order chi connectivity index (χ1) is 12.6. The minimum absolute atomic E-state index is 0.0891. The van der Waals surface area contributed by atoms with Gasteiger partial charge in [0.05, 0.1) is 23.9 Å². The maximum absolute atomic E-state index is 11.0. The van der Waals surface area contributed by atoms with E-state index >= 15 is 0 Å². The van der Waals surface area contributed by atoms with Gasteiger partial charge in [-0.1, -0.05) is 6.08 Å². The zero-order valence-electron chi connectivity index (χ0n) is 16.0. The van der Waals surface area contributed by atoms with E-state index in [0.717, 1.165) is 0 Å². The largest absolute Gasteiger partial charge is 0.397 e. The molecule has 1 saturated heterocycles. The second-order valence-electron chi connectivity index (χ2n) is 7.54. The highest BCUT2D eigenvalue weighted by atomic mass is 32.3. The molecule has 6 N–H and O–H groups in total. The van der Waals surface area contributed by atoms with Crippen molar-refractivity contribution in [3.8, 4) is 0 Å². The summed E-state index contributed by atoms with van der Waals surface area (Å²) >= 11 is 0. The summed E-state index contributed by atoms with van der Waals surface area (Å²) in [4.78, 5) is 0. The molecule has 0 aliphatic carbocycles. The van der Waals surface area contributed by atoms with E-state index in [1.165, 1.54) is 19.9 Å². The monoisotopic (exact) mass is 430 g/mol. The first-order valence-corrected chi connectivity index (χ1v) is 10.00. The smallest absolute Gasteiger partial charge is 0.394 e. The van der Waals surface area contributed by atoms with Crippen LogP contribution in [-0.4, -0.2) is 93.1 Å². The Labute approximate surface area is 164 Å². The van der Waals surface area contributed by atoms with Gasteiger partial charge < -0.3 is 35.0 Å². The van der Waals surface area contributed by atoms with Crippen molar-refractivity contribution in [2.75, 3.05) is 6.61 Å². The van der Waals surface area contributed by atoms with E-state index in [9.17, 15) is 34.0 Å². The average Bonchev–Trinajstić information content (AvgIpc) is 2.57. The fourth-order valence-electron chi connectivity index (χ4n) is 2.66. The number of aliphatic hydroxyl groups is 5. The van der Waals surface area contributed by atoms with Gasteiger partial charge in [0.25, 0.3) is 0 Å². The lowest BCUT2D eigenvalue weighted by molar-refractivity contribution is -0.316. The van der Waals surface area contributed by atoms with Crippen LogP contribution >= 0.6 is 0 Å². The van der Waals surface area contributed by atoms with Crippen molar-refractivity contribution in [1.82, 2.24) is 0 Å². The molecule has 1 aliphatic rings. The Morgan fingerprint density at radius 1 is 1.25 bits per heavy atom. The number of ether oxygens (including phenoxy) is 2. The van der Waals surface area contributed by atoms with Crippen LogP contribution in [-0.2, 0) is 24.1 Å². The highest BCUT2D eigenvalue weighted by molar-refractivity contribution is 7.80. The Morgan fingerprint density at radius 2 is 1.82 bits per heavy atom. The molecular formula is C16H30O11S. The highest BCUT2D eigenvalue weighted by Crippen LogP contribution is 2.31. The van der Waals surface area contributed by atoms with E-state index in [4.69, 9.17) is 14.0 Å². The van der Waals surface area contributed by atoms with E-state index in [0.29, 0.717) is 0 Å². The molecule has 0 spiro atoms. The second-order valence-corrected chi connectivity index (χ2v) is 8.59. The minimum Gasteiger partial charge on any atom is -0.394 e. The molecule has 7 atom stereocenters. The van der Waals surface area contributed by atoms with Crippen LogP contribution in [0.3, 0.4) is 0 Å². The van der Waals surface area contributed by atoms with Crippen molar-refractivity contribution in [1.29, 1.82) is 0 Å². The molecule has 11 nitrogen and oxygen atoms in total. The molecule has 2 unspecified atom stereocenters. The number of hydrogen-bond donors (Lipinski definition) is 6. The van der Waals surface area contributed by atoms with E-state index in [1.54, 1.807) is 6.92 Å². The molecule has 0 saturated carbocycles. The zero-order chi connectivity index (χ0) is 21.9. The van der Waals surface area contributed by atoms with Crippen LogP contribution < -0.4 is 0 Å². The summed E-state index contributed by atoms with van der Waals surface area (Å²) in [6, 6.07) is 0. The molecule has 1 fully saturated rings. The van der Waals surface area contributed by atoms with Gasteiger partial charge in [0, 0.05) is 0 Å². The van der Waals surface area contributed by atoms with E-state index in [1.807, 2.05) is 0 Å². The summed E-state index contributed by atoms with van der Waals surface area (Å²) in [6.45, 7) is 7.29. The molecule has 0 aromatic rings. The fourth-order valence-corrected chi connectivity index (χ4v) is 3.16. The minimum atomic E-state index is -5.03. The van der Waals surface area contributed by atoms with Crippen molar-refractivity contribution in [2.24, 2.45) is 0 Å². The molecule has 0 radical (unpaired) electrons. The SMILES string of the molecule is C=CC(C)(CCC(O)C(C)(C)O)O[C@@H]1O[C@H](CO)[C@@H](O)[C@H](OS(=O)(=O)O)[C@H]1O. The molecule has 1 heterocycles. The predicted molar refractivity (Wildman–Crippen MR) is 95.4 cm³/mol. The predicted octanol–water partition coefficient (Wildman–Crippen LogP) is -1.51. The maximum atomic E-state index is 11.0. The van der Waals surface area contributed by atoms with Gasteiger partial charge in [-0.2, -0.15) is 8.42 Å². The second kappa shape index (κ2) is 9.43. The van der Waals surface area contributed by atoms with Crippen LogP contribution in [0.15, 0.2) is 12.7 Å². The quantitative estimate of drug-likeness (QED) is 0.175. The first kappa shape index (κ1) is 25.4. The highest BCUT2D eigenvalue weighted by Gasteiger charge is 2.49. The van der Waals surface area contributed by atoms with Crippen molar-refractivity contribution in [3.63, 3.8) is 0 Å². The lowest BCUT2D eigenvalue weighted by atomic mass is 9.91. The van der Waals surface area contributed by atoms with Gasteiger partial charge in [0.15, 0.2) is 6.29 Å². The zero-order valence-corrected chi connectivity index (χ0v) is 16.8. The van der Waals surface area contributed by atoms with Gasteiger partial charge in [-0.25, -0.2) is 4.18 Å². The average molecular weight is 430 g/mol. The molecule has 0 bridgehead atoms. The third kappa shape index (κ3) is 6.99. The number of hydrogen-bond acceptors (Lipinski definition) is 10. The maximum Gasteiger partial charge on any atom is 0.397 e. The topological polar surface area (TPSA) is 183 Å². The standard InChI is InChI=1S/C16H30O11S/c1-5-16(4,7-6-10(18)15(2,3)21)26-14-12(20)13(27-28(22,23)24)11(19)9(8-17)25-14/h5,9-14,17-21H,1,6-8H2,2-4H3,(H,22,23,24)/t9-,10?,11-,12-,13+,14+,16?/m1/s1. The van der Waals surface area contributed by atoms with Crippen LogP contribution in [0.25, 0.3) is 0 Å². The first-order valence-electron chi connectivity index (χ1n) is 8.63. The van der Waals surface area contributed by atoms with Gasteiger partial charge >= 0.3 is 10.4 Å². The summed E-state index contributed by atoms with van der Waals surface area (Å²) in [7, 11) is -5.03. The van der Waals surface area contributed by atoms with Gasteiger partial charge in [-0.05, 0) is 33.6 Å². The third-order valence-electron chi connectivity index (χ3n) is 4.60. The number of aliphatic hydroxyl groups excluding tert-OH is 4. The van der Waals surface area contributed by atoms with Gasteiger partial charge in [-0.3, -0.25) is 4.55 Å². The van der Waals surface area contributed by atoms with Gasteiger partial charge in [0.2, 0.25) is 0 Å². The molecule has 1 rings (SSSR count). The van der Waals surface area contributed by atoms with Crippen LogP contribution in [0.4, 0.5) is 0 Å². The van der Waals surface area contributed by atoms with Gasteiger partial charge in [0.1, 0.15) is 24.4 Å². The lowest BCUT2D eigenvalue weighted by Gasteiger charge is -2.43. The molecule has 166 valence electrons. The Bertz CT molecular complexity index is 617. The summed E-state index contributed by atoms with van der Waals surface area (Å²) in [5.41, 5.74) is -2.56. The Morgan fingerprint density at radius 3 is 2.25 bits per heavy atom. The molecule has 0 aromatic heterocycles. The summed E-state index contributed by atoms with van der Waals surface area (Å²) in [6.07, 6.45) is -7.91. The van der Waals surface area contributed by atoms with Gasteiger partial charge in [-0.15, -0.1) is 6.58 Å². The van der Waals surface area contributed by atoms with Crippen LogP contribution in [0.2, 0.25) is 0 Å². The van der Waals surface area contributed by atoms with Crippen molar-refractivity contribution in [2.45, 2.75) is 81.6 Å². The number of rotatable bonds is 10. The molecule has 12 heteroatoms. The molecular weight excluding hydrogens is 400 g/mol. The fraction of sp³-hybridized carbons (Fsp3) is 0.875. The van der Waals surface area contributed by atoms with Crippen LogP contribution in [0, 0.1) is 0 Å². The third-order valence-corrected chi connectivity index (χ3v) is 5.07. The molecule has 0 aromatic carbocycles. The van der Waals surface area contributed by atoms with E-state index < -0.39 is 65.0 Å². The van der Waals surface area contributed by atoms with E-state index in [2.05, 4.69) is 10.8 Å². The van der Waals surface area contributed by atoms with E-state index in [-0.39, 0.29) is 12.8 Å². The Hall–Kier alpha value is -0.670. The molecule has 28 heavy (non-hydrogen) atoms. The molecule has 1 aliphatic heterocycles. The van der Waals surface area contributed by atoms with Crippen molar-refractivity contribution in [3.05, 3.63) is 12.7 Å². The van der Waals surface area contributed by atoms with Crippen molar-refractivity contribution >= 4 is 10.4 Å². The Kier molecular flexibility index (Phi) is 8.54. The van der Waals surface area contributed by atoms with Crippen LogP contribution in [0.5, 0.6) is 0 Å². The molecule has 0 amide bonds.